The Labute approximate surface area is 228 Å². The monoisotopic (exact) mass is 554 g/mol. The molecule has 4 aromatic rings. The van der Waals surface area contributed by atoms with Crippen molar-refractivity contribution in [2.24, 2.45) is 5.92 Å². The molecule has 2 amide bonds. The number of urea groups is 1. The van der Waals surface area contributed by atoms with Crippen molar-refractivity contribution < 1.29 is 14.3 Å². The van der Waals surface area contributed by atoms with Gasteiger partial charge in [-0.15, -0.1) is 15.3 Å². The number of benzene rings is 1. The van der Waals surface area contributed by atoms with E-state index in [1.165, 1.54) is 35.9 Å². The smallest absolute Gasteiger partial charge is 0.321 e. The minimum Gasteiger partial charge on any atom is -0.473 e. The Hall–Kier alpha value is -3.00. The second-order valence-electron chi connectivity index (χ2n) is 9.57. The molecule has 0 spiro atoms. The van der Waals surface area contributed by atoms with Crippen molar-refractivity contribution in [3.8, 4) is 5.88 Å². The predicted octanol–water partition coefficient (Wildman–Crippen LogP) is 3.91. The van der Waals surface area contributed by atoms with Gasteiger partial charge < -0.3 is 14.8 Å². The third kappa shape index (κ3) is 5.85. The number of amides is 2. The summed E-state index contributed by atoms with van der Waals surface area (Å²) in [7, 11) is 0. The fraction of sp³-hybridized carbons (Fsp3) is 0.480. The Balaban J connectivity index is 1.09. The summed E-state index contributed by atoms with van der Waals surface area (Å²) in [6, 6.07) is 9.47. The molecule has 2 unspecified atom stereocenters. The zero-order valence-electron chi connectivity index (χ0n) is 21.1. The zero-order chi connectivity index (χ0) is 25.9. The van der Waals surface area contributed by atoms with Crippen LogP contribution in [0.5, 0.6) is 5.88 Å². The van der Waals surface area contributed by atoms with Gasteiger partial charge in [0.25, 0.3) is 0 Å². The van der Waals surface area contributed by atoms with Crippen LogP contribution in [0.1, 0.15) is 26.2 Å². The summed E-state index contributed by atoms with van der Waals surface area (Å²) in [6.07, 6.45) is 3.65. The molecule has 200 valence electrons. The Kier molecular flexibility index (Phi) is 7.58. The molecule has 1 aliphatic carbocycles. The third-order valence-corrected chi connectivity index (χ3v) is 8.73. The van der Waals surface area contributed by atoms with Gasteiger partial charge in [-0.05, 0) is 61.2 Å². The largest absolute Gasteiger partial charge is 0.473 e. The summed E-state index contributed by atoms with van der Waals surface area (Å²) < 4.78 is 14.2. The first-order chi connectivity index (χ1) is 18.6. The predicted molar refractivity (Wildman–Crippen MR) is 146 cm³/mol. The molecule has 2 N–H and O–H groups in total. The Morgan fingerprint density at radius 1 is 1.21 bits per heavy atom. The number of nitrogens with zero attached hydrogens (tertiary/aromatic N) is 6. The van der Waals surface area contributed by atoms with Gasteiger partial charge in [0.1, 0.15) is 6.10 Å². The van der Waals surface area contributed by atoms with E-state index in [-0.39, 0.29) is 12.1 Å². The highest BCUT2D eigenvalue weighted by Gasteiger charge is 2.25. The molecule has 2 atom stereocenters. The van der Waals surface area contributed by atoms with E-state index in [4.69, 9.17) is 9.47 Å². The van der Waals surface area contributed by atoms with E-state index in [0.717, 1.165) is 54.4 Å². The van der Waals surface area contributed by atoms with Gasteiger partial charge in [-0.3, -0.25) is 10.2 Å². The van der Waals surface area contributed by atoms with Crippen molar-refractivity contribution in [1.82, 2.24) is 35.0 Å². The highest BCUT2D eigenvalue weighted by molar-refractivity contribution is 7.99. The highest BCUT2D eigenvalue weighted by Crippen LogP contribution is 2.33. The number of morpholine rings is 1. The molecule has 0 radical (unpaired) electrons. The Morgan fingerprint density at radius 3 is 2.95 bits per heavy atom. The number of carbonyl (C=O) groups excluding carboxylic acids is 1. The molecule has 11 nitrogen and oxygen atoms in total. The van der Waals surface area contributed by atoms with Gasteiger partial charge in [0.15, 0.2) is 10.8 Å². The number of rotatable bonds is 8. The van der Waals surface area contributed by atoms with Gasteiger partial charge in [0.05, 0.1) is 23.4 Å². The summed E-state index contributed by atoms with van der Waals surface area (Å²) in [5.74, 6) is 1.13. The van der Waals surface area contributed by atoms with Crippen LogP contribution in [0.15, 0.2) is 40.4 Å². The van der Waals surface area contributed by atoms with Crippen molar-refractivity contribution in [1.29, 1.82) is 0 Å². The second-order valence-corrected chi connectivity index (χ2v) is 11.6. The van der Waals surface area contributed by atoms with Crippen molar-refractivity contribution >= 4 is 50.1 Å². The number of anilines is 1. The normalized spacial score (nSPS) is 20.2. The van der Waals surface area contributed by atoms with Gasteiger partial charge in [0.2, 0.25) is 11.0 Å². The van der Waals surface area contributed by atoms with Crippen LogP contribution in [-0.2, 0) is 4.74 Å². The van der Waals surface area contributed by atoms with Crippen LogP contribution in [0, 0.1) is 5.92 Å². The van der Waals surface area contributed by atoms with Crippen LogP contribution in [0.2, 0.25) is 0 Å². The lowest BCUT2D eigenvalue weighted by atomic mass is 10.1. The van der Waals surface area contributed by atoms with E-state index in [9.17, 15) is 4.79 Å². The molecular weight excluding hydrogens is 524 g/mol. The van der Waals surface area contributed by atoms with Gasteiger partial charge in [-0.1, -0.05) is 18.3 Å². The van der Waals surface area contributed by atoms with E-state index >= 15 is 0 Å². The first-order valence-corrected chi connectivity index (χ1v) is 14.6. The van der Waals surface area contributed by atoms with E-state index in [1.807, 2.05) is 30.3 Å². The molecule has 0 bridgehead atoms. The molecular formula is C25H30N8O3S2. The Morgan fingerprint density at radius 2 is 2.11 bits per heavy atom. The van der Waals surface area contributed by atoms with E-state index in [2.05, 4.69) is 42.7 Å². The molecule has 1 aliphatic heterocycles. The summed E-state index contributed by atoms with van der Waals surface area (Å²) in [5, 5.41) is 20.2. The number of fused-ring (bicyclic) bond motifs is 2. The van der Waals surface area contributed by atoms with Crippen LogP contribution in [-0.4, -0.2) is 81.2 Å². The maximum Gasteiger partial charge on any atom is 0.321 e. The summed E-state index contributed by atoms with van der Waals surface area (Å²) in [5.41, 5.74) is 1.50. The number of hydrogen-bond acceptors (Lipinski definition) is 10. The molecule has 1 saturated heterocycles. The van der Waals surface area contributed by atoms with Gasteiger partial charge >= 0.3 is 6.03 Å². The van der Waals surface area contributed by atoms with Crippen molar-refractivity contribution in [3.05, 3.63) is 30.3 Å². The lowest BCUT2D eigenvalue weighted by molar-refractivity contribution is 0.0388. The van der Waals surface area contributed by atoms with Gasteiger partial charge in [-0.2, -0.15) is 4.52 Å². The first kappa shape index (κ1) is 25.3. The number of carbonyl (C=O) groups is 1. The van der Waals surface area contributed by atoms with Crippen molar-refractivity contribution in [2.45, 2.75) is 42.3 Å². The maximum atomic E-state index is 12.4. The zero-order valence-corrected chi connectivity index (χ0v) is 22.8. The number of nitrogens with one attached hydrogen (secondary N) is 2. The average Bonchev–Trinajstić information content (AvgIpc) is 3.63. The molecule has 38 heavy (non-hydrogen) atoms. The lowest BCUT2D eigenvalue weighted by Gasteiger charge is -2.26. The summed E-state index contributed by atoms with van der Waals surface area (Å²) in [4.78, 5) is 20.2. The average molecular weight is 555 g/mol. The molecule has 1 saturated carbocycles. The van der Waals surface area contributed by atoms with Crippen LogP contribution < -0.4 is 15.4 Å². The number of thiazole rings is 1. The standard InChI is InChI=1S/C25H30N8O3S2/c1-16-3-2-4-19(16)36-22-8-7-21-29-30-25(33(21)31-22)37-17-5-6-18-20(15-17)38-24(27-18)28-23(34)26-9-10-32-11-13-35-14-12-32/h5-8,15-16,19H,2-4,9-14H2,1H3,(H2,26,27,28,34). The molecule has 2 fully saturated rings. The fourth-order valence-corrected chi connectivity index (χ4v) is 6.54. The second kappa shape index (κ2) is 11.4. The van der Waals surface area contributed by atoms with E-state index in [0.29, 0.717) is 34.3 Å². The third-order valence-electron chi connectivity index (χ3n) is 6.87. The first-order valence-electron chi connectivity index (χ1n) is 12.9. The molecule has 2 aliphatic rings. The number of aromatic nitrogens is 5. The maximum absolute atomic E-state index is 12.4. The summed E-state index contributed by atoms with van der Waals surface area (Å²) in [6.45, 7) is 6.90. The molecule has 3 aromatic heterocycles. The van der Waals surface area contributed by atoms with Crippen LogP contribution in [0.3, 0.4) is 0 Å². The quantitative estimate of drug-likeness (QED) is 0.334. The fourth-order valence-electron chi connectivity index (χ4n) is 4.74. The molecule has 13 heteroatoms. The van der Waals surface area contributed by atoms with Crippen LogP contribution in [0.4, 0.5) is 9.93 Å². The van der Waals surface area contributed by atoms with Gasteiger partial charge in [0, 0.05) is 37.1 Å². The van der Waals surface area contributed by atoms with E-state index < -0.39 is 0 Å². The van der Waals surface area contributed by atoms with Crippen LogP contribution >= 0.6 is 23.1 Å². The van der Waals surface area contributed by atoms with E-state index in [1.54, 1.807) is 4.52 Å². The number of hydrogen-bond donors (Lipinski definition) is 2. The van der Waals surface area contributed by atoms with Gasteiger partial charge in [-0.25, -0.2) is 9.78 Å². The topological polar surface area (TPSA) is 119 Å². The SMILES string of the molecule is CC1CCCC1Oc1ccc2nnc(Sc3ccc4nc(NC(=O)NCCN5CCOCC5)sc4c3)n2n1. The molecule has 1 aromatic carbocycles. The molecule has 6 rings (SSSR count). The molecule has 4 heterocycles. The minimum atomic E-state index is -0.252. The van der Waals surface area contributed by atoms with Crippen molar-refractivity contribution in [3.63, 3.8) is 0 Å². The highest BCUT2D eigenvalue weighted by atomic mass is 32.2. The lowest BCUT2D eigenvalue weighted by Crippen LogP contribution is -2.42. The Bertz CT molecular complexity index is 1420. The summed E-state index contributed by atoms with van der Waals surface area (Å²) >= 11 is 2.91. The number of ether oxygens (including phenoxy) is 2. The minimum absolute atomic E-state index is 0.205. The van der Waals surface area contributed by atoms with Crippen LogP contribution in [0.25, 0.3) is 15.9 Å². The van der Waals surface area contributed by atoms with Crippen molar-refractivity contribution in [2.75, 3.05) is 44.7 Å².